The molecule has 0 atom stereocenters. The first-order valence-electron chi connectivity index (χ1n) is 7.59. The minimum Gasteiger partial charge on any atom is -0.426 e. The van der Waals surface area contributed by atoms with Crippen molar-refractivity contribution in [2.24, 2.45) is 0 Å². The fourth-order valence-corrected chi connectivity index (χ4v) is 3.20. The molecule has 26 heavy (non-hydrogen) atoms. The number of fused-ring (bicyclic) bond motifs is 1. The van der Waals surface area contributed by atoms with Gasteiger partial charge in [-0.1, -0.05) is 30.1 Å². The van der Waals surface area contributed by atoms with Crippen LogP contribution in [0.4, 0.5) is 13.2 Å². The molecule has 0 N–H and O–H groups in total. The third-order valence-corrected chi connectivity index (χ3v) is 4.35. The van der Waals surface area contributed by atoms with E-state index in [1.54, 1.807) is 42.0 Å². The molecule has 1 heterocycles. The Morgan fingerprint density at radius 3 is 2.35 bits per heavy atom. The SMILES string of the molecule is CCC(=O)Oc1ccc2ccn(-c3c(Cl)cc(C(F)(F)F)cc3Cl)c2c1. The molecule has 0 aliphatic heterocycles. The number of rotatable bonds is 3. The van der Waals surface area contributed by atoms with Crippen LogP contribution in [0.25, 0.3) is 16.6 Å². The van der Waals surface area contributed by atoms with E-state index >= 15 is 0 Å². The topological polar surface area (TPSA) is 31.2 Å². The normalized spacial score (nSPS) is 11.8. The first-order chi connectivity index (χ1) is 12.2. The van der Waals surface area contributed by atoms with Crippen LogP contribution < -0.4 is 4.74 Å². The van der Waals surface area contributed by atoms with Gasteiger partial charge in [-0.05, 0) is 30.3 Å². The van der Waals surface area contributed by atoms with Gasteiger partial charge in [-0.2, -0.15) is 13.2 Å². The van der Waals surface area contributed by atoms with Crippen LogP contribution >= 0.6 is 23.2 Å². The van der Waals surface area contributed by atoms with Crippen molar-refractivity contribution in [2.45, 2.75) is 19.5 Å². The number of alkyl halides is 3. The standard InChI is InChI=1S/C18H12Cl2F3NO2/c1-2-16(25)26-12-4-3-10-5-6-24(15(10)9-12)17-13(19)7-11(8-14(17)20)18(21,22)23/h3-9H,2H2,1H3. The molecule has 136 valence electrons. The lowest BCUT2D eigenvalue weighted by molar-refractivity contribution is -0.137. The summed E-state index contributed by atoms with van der Waals surface area (Å²) in [5.74, 6) is -0.0727. The highest BCUT2D eigenvalue weighted by Crippen LogP contribution is 2.39. The van der Waals surface area contributed by atoms with E-state index in [1.165, 1.54) is 0 Å². The van der Waals surface area contributed by atoms with Gasteiger partial charge < -0.3 is 9.30 Å². The van der Waals surface area contributed by atoms with E-state index in [0.717, 1.165) is 17.5 Å². The van der Waals surface area contributed by atoms with E-state index < -0.39 is 17.7 Å². The maximum Gasteiger partial charge on any atom is 0.416 e. The van der Waals surface area contributed by atoms with E-state index in [9.17, 15) is 18.0 Å². The second-order valence-electron chi connectivity index (χ2n) is 5.52. The van der Waals surface area contributed by atoms with Gasteiger partial charge >= 0.3 is 12.1 Å². The lowest BCUT2D eigenvalue weighted by Crippen LogP contribution is -2.07. The number of esters is 1. The molecule has 2 aromatic carbocycles. The van der Waals surface area contributed by atoms with Gasteiger partial charge in [0.2, 0.25) is 0 Å². The molecule has 3 aromatic rings. The molecular weight excluding hydrogens is 390 g/mol. The Labute approximate surface area is 156 Å². The van der Waals surface area contributed by atoms with Crippen LogP contribution in [0.2, 0.25) is 10.0 Å². The Bertz CT molecular complexity index is 973. The maximum atomic E-state index is 12.9. The number of hydrogen-bond donors (Lipinski definition) is 0. The quantitative estimate of drug-likeness (QED) is 0.382. The first kappa shape index (κ1) is 18.6. The summed E-state index contributed by atoms with van der Waals surface area (Å²) in [6, 6.07) is 8.38. The van der Waals surface area contributed by atoms with Gasteiger partial charge in [-0.15, -0.1) is 0 Å². The number of ether oxygens (including phenoxy) is 1. The molecule has 0 unspecified atom stereocenters. The number of aromatic nitrogens is 1. The van der Waals surface area contributed by atoms with E-state index in [2.05, 4.69) is 0 Å². The second kappa shape index (κ2) is 6.85. The fraction of sp³-hybridized carbons (Fsp3) is 0.167. The third kappa shape index (κ3) is 3.52. The predicted octanol–water partition coefficient (Wildman–Crippen LogP) is 6.27. The van der Waals surface area contributed by atoms with Gasteiger partial charge in [-0.3, -0.25) is 4.79 Å². The minimum absolute atomic E-state index is 0.140. The van der Waals surface area contributed by atoms with Crippen molar-refractivity contribution in [3.8, 4) is 11.4 Å². The molecule has 0 radical (unpaired) electrons. The second-order valence-corrected chi connectivity index (χ2v) is 6.33. The number of hydrogen-bond acceptors (Lipinski definition) is 2. The molecule has 0 saturated heterocycles. The van der Waals surface area contributed by atoms with Gasteiger partial charge in [0, 0.05) is 24.1 Å². The minimum atomic E-state index is -4.55. The largest absolute Gasteiger partial charge is 0.426 e. The number of carbonyl (C=O) groups excluding carboxylic acids is 1. The molecule has 0 saturated carbocycles. The van der Waals surface area contributed by atoms with Crippen LogP contribution in [0.5, 0.6) is 5.75 Å². The van der Waals surface area contributed by atoms with E-state index in [1.807, 2.05) is 0 Å². The number of benzene rings is 2. The summed E-state index contributed by atoms with van der Waals surface area (Å²) in [7, 11) is 0. The number of nitrogens with zero attached hydrogens (tertiary/aromatic N) is 1. The summed E-state index contributed by atoms with van der Waals surface area (Å²) in [6.45, 7) is 1.67. The summed E-state index contributed by atoms with van der Waals surface area (Å²) >= 11 is 12.2. The Balaban J connectivity index is 2.13. The molecule has 0 aliphatic carbocycles. The summed E-state index contributed by atoms with van der Waals surface area (Å²) in [4.78, 5) is 11.5. The molecule has 1 aromatic heterocycles. The van der Waals surface area contributed by atoms with Crippen molar-refractivity contribution in [1.29, 1.82) is 0 Å². The summed E-state index contributed by atoms with van der Waals surface area (Å²) in [5.41, 5.74) is -0.115. The zero-order chi connectivity index (χ0) is 19.1. The van der Waals surface area contributed by atoms with Crippen LogP contribution in [0, 0.1) is 0 Å². The molecule has 0 bridgehead atoms. The van der Waals surface area contributed by atoms with Crippen LogP contribution in [0.3, 0.4) is 0 Å². The van der Waals surface area contributed by atoms with Crippen molar-refractivity contribution in [3.05, 3.63) is 58.2 Å². The van der Waals surface area contributed by atoms with Crippen molar-refractivity contribution in [2.75, 3.05) is 0 Å². The average molecular weight is 402 g/mol. The van der Waals surface area contributed by atoms with Crippen LogP contribution in [-0.4, -0.2) is 10.5 Å². The molecule has 0 aliphatic rings. The smallest absolute Gasteiger partial charge is 0.416 e. The van der Waals surface area contributed by atoms with Crippen molar-refractivity contribution >= 4 is 40.1 Å². The molecule has 0 amide bonds. The Kier molecular flexibility index (Phi) is 4.90. The van der Waals surface area contributed by atoms with Gasteiger partial charge in [0.25, 0.3) is 0 Å². The lowest BCUT2D eigenvalue weighted by Gasteiger charge is -2.14. The van der Waals surface area contributed by atoms with Crippen LogP contribution in [-0.2, 0) is 11.0 Å². The predicted molar refractivity (Wildman–Crippen MR) is 94.2 cm³/mol. The molecular formula is C18H12Cl2F3NO2. The zero-order valence-corrected chi connectivity index (χ0v) is 14.9. The molecule has 0 spiro atoms. The average Bonchev–Trinajstić information content (AvgIpc) is 2.96. The number of carbonyl (C=O) groups is 1. The molecule has 0 fully saturated rings. The highest BCUT2D eigenvalue weighted by atomic mass is 35.5. The highest BCUT2D eigenvalue weighted by Gasteiger charge is 2.32. The fourth-order valence-electron chi connectivity index (χ4n) is 2.53. The molecule has 8 heteroatoms. The van der Waals surface area contributed by atoms with E-state index in [0.29, 0.717) is 11.3 Å². The Morgan fingerprint density at radius 1 is 1.12 bits per heavy atom. The summed E-state index contributed by atoms with van der Waals surface area (Å²) in [6.07, 6.45) is -2.70. The highest BCUT2D eigenvalue weighted by molar-refractivity contribution is 6.38. The monoisotopic (exact) mass is 401 g/mol. The van der Waals surface area contributed by atoms with Gasteiger partial charge in [0.1, 0.15) is 5.75 Å². The van der Waals surface area contributed by atoms with Crippen molar-refractivity contribution in [1.82, 2.24) is 4.57 Å². The summed E-state index contributed by atoms with van der Waals surface area (Å²) in [5, 5.41) is 0.505. The Hall–Kier alpha value is -2.18. The third-order valence-electron chi connectivity index (χ3n) is 3.77. The lowest BCUT2D eigenvalue weighted by atomic mass is 10.2. The number of halogens is 5. The van der Waals surface area contributed by atoms with Gasteiger partial charge in [-0.25, -0.2) is 0 Å². The maximum absolute atomic E-state index is 12.9. The van der Waals surface area contributed by atoms with Gasteiger partial charge in [0.05, 0.1) is 26.8 Å². The van der Waals surface area contributed by atoms with Crippen molar-refractivity contribution < 1.29 is 22.7 Å². The summed E-state index contributed by atoms with van der Waals surface area (Å²) < 4.78 is 45.5. The van der Waals surface area contributed by atoms with E-state index in [-0.39, 0.29) is 22.2 Å². The Morgan fingerprint density at radius 2 is 1.77 bits per heavy atom. The molecule has 3 rings (SSSR count). The van der Waals surface area contributed by atoms with Crippen LogP contribution in [0.1, 0.15) is 18.9 Å². The van der Waals surface area contributed by atoms with E-state index in [4.69, 9.17) is 27.9 Å². The van der Waals surface area contributed by atoms with Crippen molar-refractivity contribution in [3.63, 3.8) is 0 Å². The van der Waals surface area contributed by atoms with Crippen LogP contribution in [0.15, 0.2) is 42.6 Å². The zero-order valence-electron chi connectivity index (χ0n) is 13.4. The first-order valence-corrected chi connectivity index (χ1v) is 8.34. The van der Waals surface area contributed by atoms with Gasteiger partial charge in [0.15, 0.2) is 0 Å². The molecule has 3 nitrogen and oxygen atoms in total.